The molecule has 6 nitrogen and oxygen atoms in total. The van der Waals surface area contributed by atoms with Gasteiger partial charge < -0.3 is 15.9 Å². The Bertz CT molecular complexity index is 543. The van der Waals surface area contributed by atoms with Gasteiger partial charge in [0.15, 0.2) is 17.1 Å². The standard InChI is InChI=1S/C13H13NO5/c1-6(15)9(12(18)19)13(14)10(16)7-4-2-3-5-8(7)11(13)17/h2-6,9,15H,14H2,1H3,(H,18,19)/t6-,9+/m1/s1. The summed E-state index contributed by atoms with van der Waals surface area (Å²) in [6, 6.07) is 5.97. The molecule has 0 bridgehead atoms. The lowest BCUT2D eigenvalue weighted by atomic mass is 9.77. The Morgan fingerprint density at radius 2 is 1.63 bits per heavy atom. The van der Waals surface area contributed by atoms with E-state index in [0.29, 0.717) is 0 Å². The average Bonchev–Trinajstić information content (AvgIpc) is 2.52. The van der Waals surface area contributed by atoms with E-state index < -0.39 is 35.1 Å². The van der Waals surface area contributed by atoms with E-state index in [9.17, 15) is 19.5 Å². The Balaban J connectivity index is 2.61. The van der Waals surface area contributed by atoms with E-state index in [-0.39, 0.29) is 11.1 Å². The number of hydrogen-bond acceptors (Lipinski definition) is 5. The number of aliphatic hydroxyl groups is 1. The van der Waals surface area contributed by atoms with Crippen LogP contribution in [0.25, 0.3) is 0 Å². The molecular formula is C13H13NO5. The van der Waals surface area contributed by atoms with Gasteiger partial charge in [0.25, 0.3) is 0 Å². The maximum absolute atomic E-state index is 12.3. The number of carboxylic acid groups (broad SMARTS) is 1. The second kappa shape index (κ2) is 4.25. The SMILES string of the molecule is C[C@@H](O)[C@@H](C(=O)O)C1(N)C(=O)c2ccccc2C1=O. The van der Waals surface area contributed by atoms with Crippen LogP contribution >= 0.6 is 0 Å². The number of carboxylic acids is 1. The summed E-state index contributed by atoms with van der Waals surface area (Å²) in [4.78, 5) is 35.7. The summed E-state index contributed by atoms with van der Waals surface area (Å²) in [6.07, 6.45) is -1.43. The minimum Gasteiger partial charge on any atom is -0.481 e. The summed E-state index contributed by atoms with van der Waals surface area (Å²) in [7, 11) is 0. The number of Topliss-reactive ketones (excluding diaryl/α,β-unsaturated/α-hetero) is 2. The minimum atomic E-state index is -2.25. The van der Waals surface area contributed by atoms with Crippen molar-refractivity contribution in [2.24, 2.45) is 11.7 Å². The van der Waals surface area contributed by atoms with Crippen LogP contribution in [0.5, 0.6) is 0 Å². The number of fused-ring (bicyclic) bond motifs is 1. The van der Waals surface area contributed by atoms with E-state index in [4.69, 9.17) is 10.8 Å². The molecule has 0 saturated carbocycles. The number of ketones is 2. The number of hydrogen-bond donors (Lipinski definition) is 3. The number of carbonyl (C=O) groups is 3. The largest absolute Gasteiger partial charge is 0.481 e. The van der Waals surface area contributed by atoms with E-state index >= 15 is 0 Å². The molecule has 0 aromatic heterocycles. The van der Waals surface area contributed by atoms with Gasteiger partial charge in [-0.05, 0) is 6.92 Å². The van der Waals surface area contributed by atoms with Gasteiger partial charge in [-0.15, -0.1) is 0 Å². The van der Waals surface area contributed by atoms with Crippen molar-refractivity contribution in [2.45, 2.75) is 18.6 Å². The third-order valence-electron chi connectivity index (χ3n) is 3.41. The van der Waals surface area contributed by atoms with Crippen molar-refractivity contribution in [1.29, 1.82) is 0 Å². The molecule has 0 amide bonds. The highest BCUT2D eigenvalue weighted by Crippen LogP contribution is 2.35. The lowest BCUT2D eigenvalue weighted by Crippen LogP contribution is -2.62. The normalized spacial score (nSPS) is 19.9. The molecule has 1 aromatic carbocycles. The third kappa shape index (κ3) is 1.68. The zero-order chi connectivity index (χ0) is 14.4. The summed E-state index contributed by atoms with van der Waals surface area (Å²) in [5.41, 5.74) is 3.75. The van der Waals surface area contributed by atoms with Crippen molar-refractivity contribution in [2.75, 3.05) is 0 Å². The van der Waals surface area contributed by atoms with Crippen molar-refractivity contribution in [3.8, 4) is 0 Å². The first kappa shape index (κ1) is 13.4. The van der Waals surface area contributed by atoms with E-state index in [0.717, 1.165) is 0 Å². The molecule has 19 heavy (non-hydrogen) atoms. The Morgan fingerprint density at radius 3 is 1.95 bits per heavy atom. The number of aliphatic hydroxyl groups excluding tert-OH is 1. The molecular weight excluding hydrogens is 250 g/mol. The molecule has 0 spiro atoms. The van der Waals surface area contributed by atoms with Crippen LogP contribution in [0.4, 0.5) is 0 Å². The van der Waals surface area contributed by atoms with Gasteiger partial charge in [-0.2, -0.15) is 0 Å². The van der Waals surface area contributed by atoms with E-state index in [2.05, 4.69) is 0 Å². The lowest BCUT2D eigenvalue weighted by molar-refractivity contribution is -0.147. The molecule has 1 aromatic rings. The van der Waals surface area contributed by atoms with Crippen LogP contribution in [0.2, 0.25) is 0 Å². The second-order valence-electron chi connectivity index (χ2n) is 4.63. The zero-order valence-corrected chi connectivity index (χ0v) is 10.2. The van der Waals surface area contributed by atoms with Crippen molar-refractivity contribution in [1.82, 2.24) is 0 Å². The van der Waals surface area contributed by atoms with Crippen LogP contribution in [-0.2, 0) is 4.79 Å². The van der Waals surface area contributed by atoms with Crippen LogP contribution in [0.1, 0.15) is 27.6 Å². The smallest absolute Gasteiger partial charge is 0.311 e. The molecule has 2 rings (SSSR count). The zero-order valence-electron chi connectivity index (χ0n) is 10.2. The van der Waals surface area contributed by atoms with Crippen LogP contribution in [0, 0.1) is 5.92 Å². The number of carbonyl (C=O) groups excluding carboxylic acids is 2. The molecule has 0 radical (unpaired) electrons. The van der Waals surface area contributed by atoms with Gasteiger partial charge in [-0.1, -0.05) is 24.3 Å². The predicted molar refractivity (Wildman–Crippen MR) is 64.8 cm³/mol. The number of rotatable bonds is 3. The Hall–Kier alpha value is -2.05. The fraction of sp³-hybridized carbons (Fsp3) is 0.308. The van der Waals surface area contributed by atoms with Gasteiger partial charge >= 0.3 is 5.97 Å². The van der Waals surface area contributed by atoms with Crippen LogP contribution in [0.15, 0.2) is 24.3 Å². The maximum Gasteiger partial charge on any atom is 0.311 e. The molecule has 6 heteroatoms. The van der Waals surface area contributed by atoms with Crippen molar-refractivity contribution in [3.05, 3.63) is 35.4 Å². The summed E-state index contributed by atoms with van der Waals surface area (Å²) >= 11 is 0. The van der Waals surface area contributed by atoms with Crippen molar-refractivity contribution in [3.63, 3.8) is 0 Å². The fourth-order valence-corrected chi connectivity index (χ4v) is 2.49. The molecule has 0 unspecified atom stereocenters. The van der Waals surface area contributed by atoms with Gasteiger partial charge in [0.1, 0.15) is 5.92 Å². The second-order valence-corrected chi connectivity index (χ2v) is 4.63. The van der Waals surface area contributed by atoms with Gasteiger partial charge in [0.2, 0.25) is 0 Å². The summed E-state index contributed by atoms with van der Waals surface area (Å²) in [6.45, 7) is 1.19. The Kier molecular flexibility index (Phi) is 3.00. The molecule has 100 valence electrons. The maximum atomic E-state index is 12.3. The summed E-state index contributed by atoms with van der Waals surface area (Å²) in [5.74, 6) is -4.69. The van der Waals surface area contributed by atoms with Gasteiger partial charge in [-0.3, -0.25) is 14.4 Å². The topological polar surface area (TPSA) is 118 Å². The Labute approximate surface area is 108 Å². The highest BCUT2D eigenvalue weighted by molar-refractivity contribution is 6.34. The van der Waals surface area contributed by atoms with Gasteiger partial charge in [-0.25, -0.2) is 0 Å². The fourth-order valence-electron chi connectivity index (χ4n) is 2.49. The molecule has 0 heterocycles. The first-order valence-electron chi connectivity index (χ1n) is 5.70. The predicted octanol–water partition coefficient (Wildman–Crippen LogP) is -0.155. The monoisotopic (exact) mass is 263 g/mol. The van der Waals surface area contributed by atoms with E-state index in [1.807, 2.05) is 0 Å². The molecule has 0 saturated heterocycles. The molecule has 2 atom stereocenters. The quantitative estimate of drug-likeness (QED) is 0.652. The first-order chi connectivity index (χ1) is 8.81. The first-order valence-corrected chi connectivity index (χ1v) is 5.70. The van der Waals surface area contributed by atoms with Gasteiger partial charge in [0, 0.05) is 11.1 Å². The average molecular weight is 263 g/mol. The van der Waals surface area contributed by atoms with Crippen molar-refractivity contribution >= 4 is 17.5 Å². The lowest BCUT2D eigenvalue weighted by Gasteiger charge is -2.29. The molecule has 0 aliphatic heterocycles. The third-order valence-corrected chi connectivity index (χ3v) is 3.41. The molecule has 1 aliphatic carbocycles. The highest BCUT2D eigenvalue weighted by Gasteiger charge is 2.59. The van der Waals surface area contributed by atoms with Crippen molar-refractivity contribution < 1.29 is 24.6 Å². The van der Waals surface area contributed by atoms with Crippen LogP contribution in [0.3, 0.4) is 0 Å². The number of benzene rings is 1. The number of aliphatic carboxylic acids is 1. The summed E-state index contributed by atoms with van der Waals surface area (Å²) in [5, 5.41) is 18.7. The molecule has 1 aliphatic rings. The minimum absolute atomic E-state index is 0.0990. The molecule has 0 fully saturated rings. The van der Waals surface area contributed by atoms with E-state index in [1.54, 1.807) is 12.1 Å². The van der Waals surface area contributed by atoms with Crippen LogP contribution in [-0.4, -0.2) is 39.4 Å². The van der Waals surface area contributed by atoms with Crippen LogP contribution < -0.4 is 5.73 Å². The molecule has 4 N–H and O–H groups in total. The van der Waals surface area contributed by atoms with Gasteiger partial charge in [0.05, 0.1) is 6.10 Å². The summed E-state index contributed by atoms with van der Waals surface area (Å²) < 4.78 is 0. The Morgan fingerprint density at radius 1 is 1.21 bits per heavy atom. The highest BCUT2D eigenvalue weighted by atomic mass is 16.4. The van der Waals surface area contributed by atoms with E-state index in [1.165, 1.54) is 19.1 Å². The number of nitrogens with two attached hydrogens (primary N) is 1.